The minimum absolute atomic E-state index is 0.190. The Morgan fingerprint density at radius 3 is 2.72 bits per heavy atom. The third-order valence-electron chi connectivity index (χ3n) is 4.54. The van der Waals surface area contributed by atoms with Crippen LogP contribution >= 0.6 is 0 Å². The number of nitrogens with one attached hydrogen (secondary N) is 2. The zero-order chi connectivity index (χ0) is 20.5. The third kappa shape index (κ3) is 6.20. The van der Waals surface area contributed by atoms with Crippen molar-refractivity contribution in [1.29, 1.82) is 0 Å². The van der Waals surface area contributed by atoms with E-state index < -0.39 is 0 Å². The molecule has 3 rings (SSSR count). The molecule has 0 saturated carbocycles. The molecule has 1 amide bonds. The van der Waals surface area contributed by atoms with Crippen LogP contribution in [0.4, 0.5) is 10.1 Å². The van der Waals surface area contributed by atoms with E-state index in [9.17, 15) is 9.18 Å². The monoisotopic (exact) mass is 398 g/mol. The first-order chi connectivity index (χ1) is 14.2. The molecule has 2 aromatic rings. The number of aliphatic imine (C=N–C) groups is 1. The van der Waals surface area contributed by atoms with Crippen LogP contribution in [0.15, 0.2) is 53.5 Å². The molecule has 1 heterocycles. The zero-order valence-electron chi connectivity index (χ0n) is 16.7. The first kappa shape index (κ1) is 20.6. The van der Waals surface area contributed by atoms with Crippen molar-refractivity contribution in [3.63, 3.8) is 0 Å². The van der Waals surface area contributed by atoms with Crippen molar-refractivity contribution in [2.75, 3.05) is 31.1 Å². The minimum Gasteiger partial charge on any atom is -0.492 e. The van der Waals surface area contributed by atoms with Crippen molar-refractivity contribution in [2.24, 2.45) is 4.99 Å². The Bertz CT molecular complexity index is 839. The van der Waals surface area contributed by atoms with Gasteiger partial charge in [-0.25, -0.2) is 9.38 Å². The Hall–Kier alpha value is -3.09. The van der Waals surface area contributed by atoms with Crippen LogP contribution in [-0.2, 0) is 11.3 Å². The lowest BCUT2D eigenvalue weighted by Gasteiger charge is -2.16. The number of ether oxygens (including phenoxy) is 1. The van der Waals surface area contributed by atoms with E-state index in [4.69, 9.17) is 4.74 Å². The third-order valence-corrected chi connectivity index (χ3v) is 4.54. The molecule has 0 bridgehead atoms. The van der Waals surface area contributed by atoms with Gasteiger partial charge in [0.2, 0.25) is 5.91 Å². The number of benzene rings is 2. The average Bonchev–Trinajstić information content (AvgIpc) is 3.15. The fraction of sp³-hybridized carbons (Fsp3) is 0.364. The lowest BCUT2D eigenvalue weighted by molar-refractivity contribution is -0.117. The first-order valence-corrected chi connectivity index (χ1v) is 9.95. The normalized spacial score (nSPS) is 14.2. The lowest BCUT2D eigenvalue weighted by atomic mass is 10.2. The van der Waals surface area contributed by atoms with Crippen molar-refractivity contribution in [3.05, 3.63) is 59.9 Å². The highest BCUT2D eigenvalue weighted by atomic mass is 19.1. The van der Waals surface area contributed by atoms with Crippen molar-refractivity contribution < 1.29 is 13.9 Å². The van der Waals surface area contributed by atoms with Crippen LogP contribution in [0.2, 0.25) is 0 Å². The van der Waals surface area contributed by atoms with Gasteiger partial charge in [0.05, 0.1) is 13.1 Å². The summed E-state index contributed by atoms with van der Waals surface area (Å²) in [5.74, 6) is 1.07. The summed E-state index contributed by atoms with van der Waals surface area (Å²) in [7, 11) is 0. The van der Waals surface area contributed by atoms with Crippen LogP contribution < -0.4 is 20.3 Å². The zero-order valence-corrected chi connectivity index (χ0v) is 16.7. The summed E-state index contributed by atoms with van der Waals surface area (Å²) in [6.07, 6.45) is 1.55. The molecule has 2 N–H and O–H groups in total. The Balaban J connectivity index is 1.48. The van der Waals surface area contributed by atoms with E-state index in [1.807, 2.05) is 36.1 Å². The van der Waals surface area contributed by atoms with Gasteiger partial charge in [-0.1, -0.05) is 18.2 Å². The number of carbonyl (C=O) groups is 1. The quantitative estimate of drug-likeness (QED) is 0.407. The predicted molar refractivity (Wildman–Crippen MR) is 113 cm³/mol. The van der Waals surface area contributed by atoms with E-state index in [0.29, 0.717) is 37.8 Å². The van der Waals surface area contributed by atoms with Gasteiger partial charge in [-0.05, 0) is 43.2 Å². The number of carbonyl (C=O) groups excluding carboxylic acids is 1. The van der Waals surface area contributed by atoms with Crippen LogP contribution in [0, 0.1) is 5.82 Å². The molecular weight excluding hydrogens is 371 g/mol. The van der Waals surface area contributed by atoms with Crippen LogP contribution in [-0.4, -0.2) is 38.1 Å². The van der Waals surface area contributed by atoms with Crippen molar-refractivity contribution in [1.82, 2.24) is 10.6 Å². The Labute approximate surface area is 170 Å². The molecule has 0 aliphatic carbocycles. The number of anilines is 1. The van der Waals surface area contributed by atoms with Crippen molar-refractivity contribution >= 4 is 17.6 Å². The molecule has 0 radical (unpaired) electrons. The molecule has 1 aliphatic heterocycles. The van der Waals surface area contributed by atoms with Gasteiger partial charge in [0.15, 0.2) is 5.96 Å². The largest absolute Gasteiger partial charge is 0.492 e. The van der Waals surface area contributed by atoms with E-state index in [0.717, 1.165) is 30.8 Å². The van der Waals surface area contributed by atoms with Crippen LogP contribution in [0.25, 0.3) is 0 Å². The fourth-order valence-electron chi connectivity index (χ4n) is 3.11. The molecule has 154 valence electrons. The molecule has 0 aromatic heterocycles. The average molecular weight is 398 g/mol. The van der Waals surface area contributed by atoms with Gasteiger partial charge >= 0.3 is 0 Å². The predicted octanol–water partition coefficient (Wildman–Crippen LogP) is 3.09. The molecule has 1 aliphatic rings. The van der Waals surface area contributed by atoms with Gasteiger partial charge in [0.25, 0.3) is 0 Å². The Morgan fingerprint density at radius 1 is 1.21 bits per heavy atom. The number of rotatable bonds is 8. The van der Waals surface area contributed by atoms with Crippen LogP contribution in [0.1, 0.15) is 25.3 Å². The van der Waals surface area contributed by atoms with E-state index in [1.165, 1.54) is 12.1 Å². The van der Waals surface area contributed by atoms with E-state index in [1.54, 1.807) is 12.1 Å². The van der Waals surface area contributed by atoms with Gasteiger partial charge in [-0.3, -0.25) is 4.79 Å². The maximum Gasteiger partial charge on any atom is 0.227 e. The highest BCUT2D eigenvalue weighted by molar-refractivity contribution is 5.95. The van der Waals surface area contributed by atoms with Crippen molar-refractivity contribution in [2.45, 2.75) is 26.3 Å². The number of amides is 1. The standard InChI is InChI=1S/C22H27FN4O2/c1-2-24-22(25-12-14-29-20-6-3-5-18(23)15-20)26-16-17-8-10-19(11-9-17)27-13-4-7-21(27)28/h3,5-6,8-11,15H,2,4,7,12-14,16H2,1H3,(H2,24,25,26). The van der Waals surface area contributed by atoms with Crippen molar-refractivity contribution in [3.8, 4) is 5.75 Å². The first-order valence-electron chi connectivity index (χ1n) is 9.95. The molecular formula is C22H27FN4O2. The summed E-state index contributed by atoms with van der Waals surface area (Å²) in [5, 5.41) is 6.40. The molecule has 0 atom stereocenters. The van der Waals surface area contributed by atoms with Gasteiger partial charge in [-0.2, -0.15) is 0 Å². The summed E-state index contributed by atoms with van der Waals surface area (Å²) in [4.78, 5) is 18.3. The van der Waals surface area contributed by atoms with Gasteiger partial charge in [-0.15, -0.1) is 0 Å². The van der Waals surface area contributed by atoms with E-state index in [2.05, 4.69) is 15.6 Å². The minimum atomic E-state index is -0.314. The van der Waals surface area contributed by atoms with E-state index >= 15 is 0 Å². The second-order valence-electron chi connectivity index (χ2n) is 6.74. The number of hydrogen-bond donors (Lipinski definition) is 2. The lowest BCUT2D eigenvalue weighted by Crippen LogP contribution is -2.39. The molecule has 1 saturated heterocycles. The maximum absolute atomic E-state index is 13.2. The summed E-state index contributed by atoms with van der Waals surface area (Å²) >= 11 is 0. The Morgan fingerprint density at radius 2 is 2.03 bits per heavy atom. The topological polar surface area (TPSA) is 66.0 Å². The molecule has 29 heavy (non-hydrogen) atoms. The second kappa shape index (κ2) is 10.5. The van der Waals surface area contributed by atoms with Gasteiger partial charge in [0, 0.05) is 31.3 Å². The molecule has 1 fully saturated rings. The summed E-state index contributed by atoms with van der Waals surface area (Å²) in [6, 6.07) is 14.0. The molecule has 6 nitrogen and oxygen atoms in total. The van der Waals surface area contributed by atoms with Gasteiger partial charge in [0.1, 0.15) is 18.2 Å². The highest BCUT2D eigenvalue weighted by Crippen LogP contribution is 2.21. The number of guanidine groups is 1. The van der Waals surface area contributed by atoms with Crippen LogP contribution in [0.3, 0.4) is 0 Å². The summed E-state index contributed by atoms with van der Waals surface area (Å²) in [6.45, 7) is 5.00. The van der Waals surface area contributed by atoms with E-state index in [-0.39, 0.29) is 11.7 Å². The SMILES string of the molecule is CCNC(=NCc1ccc(N2CCCC2=O)cc1)NCCOc1cccc(F)c1. The Kier molecular flexibility index (Phi) is 7.44. The van der Waals surface area contributed by atoms with Crippen LogP contribution in [0.5, 0.6) is 5.75 Å². The highest BCUT2D eigenvalue weighted by Gasteiger charge is 2.21. The second-order valence-corrected chi connectivity index (χ2v) is 6.74. The number of halogens is 1. The molecule has 0 unspecified atom stereocenters. The van der Waals surface area contributed by atoms with Gasteiger partial charge < -0.3 is 20.3 Å². The number of hydrogen-bond acceptors (Lipinski definition) is 3. The maximum atomic E-state index is 13.2. The summed E-state index contributed by atoms with van der Waals surface area (Å²) < 4.78 is 18.7. The molecule has 7 heteroatoms. The molecule has 0 spiro atoms. The smallest absolute Gasteiger partial charge is 0.227 e. The fourth-order valence-corrected chi connectivity index (χ4v) is 3.11. The summed E-state index contributed by atoms with van der Waals surface area (Å²) in [5.41, 5.74) is 2.01. The number of nitrogens with zero attached hydrogens (tertiary/aromatic N) is 2. The molecule has 2 aromatic carbocycles.